The van der Waals surface area contributed by atoms with E-state index in [0.717, 1.165) is 5.75 Å². The Hall–Kier alpha value is -1.80. The minimum Gasteiger partial charge on any atom is -0.487 e. The van der Waals surface area contributed by atoms with E-state index in [1.807, 2.05) is 24.3 Å². The fraction of sp³-hybridized carbons (Fsp3) is 0.0667. The minimum atomic E-state index is 0.611. The molecule has 0 N–H and O–H groups in total. The molecule has 0 fully saturated rings. The van der Waals surface area contributed by atoms with Gasteiger partial charge in [-0.15, -0.1) is 11.3 Å². The van der Waals surface area contributed by atoms with Crippen LogP contribution in [0, 0.1) is 6.07 Å². The molecule has 0 atom stereocenters. The van der Waals surface area contributed by atoms with Gasteiger partial charge < -0.3 is 4.74 Å². The summed E-state index contributed by atoms with van der Waals surface area (Å²) in [5, 5.41) is 1.29. The third-order valence-corrected chi connectivity index (χ3v) is 3.62. The fourth-order valence-electron chi connectivity index (χ4n) is 1.72. The molecule has 1 heterocycles. The lowest BCUT2D eigenvalue weighted by molar-refractivity contribution is 0.309. The van der Waals surface area contributed by atoms with Crippen LogP contribution < -0.4 is 4.74 Å². The van der Waals surface area contributed by atoms with Crippen molar-refractivity contribution in [2.45, 2.75) is 6.61 Å². The van der Waals surface area contributed by atoms with Crippen molar-refractivity contribution in [3.8, 4) is 5.75 Å². The molecule has 3 aromatic rings. The third kappa shape index (κ3) is 2.32. The largest absolute Gasteiger partial charge is 0.487 e. The highest BCUT2D eigenvalue weighted by molar-refractivity contribution is 7.19. The zero-order chi connectivity index (χ0) is 11.5. The van der Waals surface area contributed by atoms with Crippen LogP contribution in [0.2, 0.25) is 0 Å². The van der Waals surface area contributed by atoms with Crippen LogP contribution in [0.25, 0.3) is 10.1 Å². The summed E-state index contributed by atoms with van der Waals surface area (Å²) in [7, 11) is 0. The van der Waals surface area contributed by atoms with Crippen LogP contribution >= 0.6 is 11.3 Å². The highest BCUT2D eigenvalue weighted by atomic mass is 32.1. The van der Waals surface area contributed by atoms with E-state index in [1.54, 1.807) is 11.3 Å². The number of rotatable bonds is 3. The molecule has 0 saturated carbocycles. The van der Waals surface area contributed by atoms with Crippen LogP contribution in [0.5, 0.6) is 5.75 Å². The smallest absolute Gasteiger partial charge is 0.127 e. The highest BCUT2D eigenvalue weighted by Gasteiger charge is 2.01. The van der Waals surface area contributed by atoms with Gasteiger partial charge in [0.2, 0.25) is 0 Å². The van der Waals surface area contributed by atoms with Gasteiger partial charge in [-0.2, -0.15) is 0 Å². The van der Waals surface area contributed by atoms with Crippen LogP contribution in [0.1, 0.15) is 4.88 Å². The van der Waals surface area contributed by atoms with Gasteiger partial charge in [0.05, 0.1) is 0 Å². The van der Waals surface area contributed by atoms with Gasteiger partial charge in [-0.05, 0) is 23.6 Å². The van der Waals surface area contributed by atoms with Gasteiger partial charge in [-0.1, -0.05) is 36.4 Å². The topological polar surface area (TPSA) is 9.23 Å². The first-order valence-corrected chi connectivity index (χ1v) is 6.30. The van der Waals surface area contributed by atoms with Crippen molar-refractivity contribution in [1.82, 2.24) is 0 Å². The Morgan fingerprint density at radius 1 is 1.06 bits per heavy atom. The lowest BCUT2D eigenvalue weighted by atomic mass is 10.2. The van der Waals surface area contributed by atoms with Gasteiger partial charge in [0, 0.05) is 15.6 Å². The van der Waals surface area contributed by atoms with Gasteiger partial charge in [-0.25, -0.2) is 0 Å². The van der Waals surface area contributed by atoms with Crippen LogP contribution in [-0.4, -0.2) is 0 Å². The molecule has 2 heteroatoms. The molecular formula is C15H11OS. The first kappa shape index (κ1) is 10.4. The Bertz CT molecular complexity index is 580. The average molecular weight is 239 g/mol. The number of fused-ring (bicyclic) bond motifs is 1. The quantitative estimate of drug-likeness (QED) is 0.663. The second kappa shape index (κ2) is 4.60. The summed E-state index contributed by atoms with van der Waals surface area (Å²) in [6.45, 7) is 0.611. The number of hydrogen-bond acceptors (Lipinski definition) is 2. The molecule has 3 rings (SSSR count). The summed E-state index contributed by atoms with van der Waals surface area (Å²) in [5.74, 6) is 0.796. The van der Waals surface area contributed by atoms with Crippen molar-refractivity contribution >= 4 is 21.4 Å². The molecule has 2 aromatic carbocycles. The van der Waals surface area contributed by atoms with E-state index in [9.17, 15) is 0 Å². The molecule has 0 aliphatic carbocycles. The first-order valence-electron chi connectivity index (χ1n) is 5.49. The molecule has 83 valence electrons. The molecule has 0 bridgehead atoms. The van der Waals surface area contributed by atoms with E-state index >= 15 is 0 Å². The molecule has 0 spiro atoms. The number of hydrogen-bond donors (Lipinski definition) is 0. The van der Waals surface area contributed by atoms with Crippen LogP contribution in [-0.2, 0) is 6.61 Å². The van der Waals surface area contributed by atoms with E-state index in [1.165, 1.54) is 15.0 Å². The molecular weight excluding hydrogens is 228 g/mol. The van der Waals surface area contributed by atoms with Gasteiger partial charge in [0.25, 0.3) is 0 Å². The fourth-order valence-corrected chi connectivity index (χ4v) is 2.70. The van der Waals surface area contributed by atoms with E-state index in [2.05, 4.69) is 36.4 Å². The van der Waals surface area contributed by atoms with Gasteiger partial charge in [0.1, 0.15) is 12.4 Å². The highest BCUT2D eigenvalue weighted by Crippen LogP contribution is 2.26. The van der Waals surface area contributed by atoms with Crippen molar-refractivity contribution in [3.05, 3.63) is 65.5 Å². The van der Waals surface area contributed by atoms with E-state index < -0.39 is 0 Å². The Labute approximate surface area is 104 Å². The molecule has 17 heavy (non-hydrogen) atoms. The molecule has 0 saturated heterocycles. The Morgan fingerprint density at radius 2 is 1.94 bits per heavy atom. The lowest BCUT2D eigenvalue weighted by Crippen LogP contribution is -1.91. The van der Waals surface area contributed by atoms with Crippen molar-refractivity contribution in [2.24, 2.45) is 0 Å². The third-order valence-electron chi connectivity index (χ3n) is 2.53. The molecule has 0 amide bonds. The Morgan fingerprint density at radius 3 is 2.76 bits per heavy atom. The normalized spacial score (nSPS) is 10.6. The van der Waals surface area contributed by atoms with Gasteiger partial charge in [0.15, 0.2) is 0 Å². The number of para-hydroxylation sites is 1. The van der Waals surface area contributed by atoms with Crippen LogP contribution in [0.3, 0.4) is 0 Å². The van der Waals surface area contributed by atoms with Crippen molar-refractivity contribution in [2.75, 3.05) is 0 Å². The minimum absolute atomic E-state index is 0.611. The van der Waals surface area contributed by atoms with E-state index in [0.29, 0.717) is 6.61 Å². The molecule has 0 aliphatic heterocycles. The number of benzene rings is 2. The molecule has 0 unspecified atom stereocenters. The summed E-state index contributed by atoms with van der Waals surface area (Å²) in [4.78, 5) is 1.24. The molecule has 1 nitrogen and oxygen atoms in total. The second-order valence-electron chi connectivity index (χ2n) is 3.77. The molecule has 1 radical (unpaired) electrons. The average Bonchev–Trinajstić information content (AvgIpc) is 2.80. The molecule has 1 aromatic heterocycles. The maximum Gasteiger partial charge on any atom is 0.127 e. The van der Waals surface area contributed by atoms with Crippen LogP contribution in [0.15, 0.2) is 54.6 Å². The SMILES string of the molecule is [c]1ccccc1OCc1cc2ccccc2s1. The molecule has 0 aliphatic rings. The van der Waals surface area contributed by atoms with Crippen molar-refractivity contribution in [3.63, 3.8) is 0 Å². The van der Waals surface area contributed by atoms with E-state index in [4.69, 9.17) is 4.74 Å². The predicted octanol–water partition coefficient (Wildman–Crippen LogP) is 4.28. The van der Waals surface area contributed by atoms with E-state index in [-0.39, 0.29) is 0 Å². The van der Waals surface area contributed by atoms with Crippen molar-refractivity contribution in [1.29, 1.82) is 0 Å². The summed E-state index contributed by atoms with van der Waals surface area (Å²) < 4.78 is 6.98. The van der Waals surface area contributed by atoms with Crippen LogP contribution in [0.4, 0.5) is 0 Å². The van der Waals surface area contributed by atoms with Gasteiger partial charge >= 0.3 is 0 Å². The second-order valence-corrected chi connectivity index (χ2v) is 4.93. The number of ether oxygens (including phenoxy) is 1. The zero-order valence-electron chi connectivity index (χ0n) is 9.22. The standard InChI is InChI=1S/C15H11OS/c1-2-7-13(8-3-1)16-11-14-10-12-6-4-5-9-15(12)17-14/h1-7,9-10H,11H2. The summed E-state index contributed by atoms with van der Waals surface area (Å²) in [5.41, 5.74) is 0. The monoisotopic (exact) mass is 239 g/mol. The summed E-state index contributed by atoms with van der Waals surface area (Å²) in [6, 6.07) is 21.3. The summed E-state index contributed by atoms with van der Waals surface area (Å²) >= 11 is 1.78. The van der Waals surface area contributed by atoms with Gasteiger partial charge in [-0.3, -0.25) is 0 Å². The number of thiophene rings is 1. The first-order chi connectivity index (χ1) is 8.42. The maximum absolute atomic E-state index is 5.68. The Balaban J connectivity index is 1.77. The summed E-state index contributed by atoms with van der Waals surface area (Å²) in [6.07, 6.45) is 0. The van der Waals surface area contributed by atoms with Crippen molar-refractivity contribution < 1.29 is 4.74 Å². The predicted molar refractivity (Wildman–Crippen MR) is 71.4 cm³/mol. The zero-order valence-corrected chi connectivity index (χ0v) is 10.0. The Kier molecular flexibility index (Phi) is 2.80. The lowest BCUT2D eigenvalue weighted by Gasteiger charge is -2.02. The maximum atomic E-state index is 5.68.